The third-order valence-corrected chi connectivity index (χ3v) is 2.76. The highest BCUT2D eigenvalue weighted by atomic mass is 14.8. The Morgan fingerprint density at radius 1 is 0.941 bits per heavy atom. The number of pyridine rings is 2. The highest BCUT2D eigenvalue weighted by Gasteiger charge is 2.07. The molecule has 0 saturated carbocycles. The molecule has 2 heteroatoms. The van der Waals surface area contributed by atoms with Gasteiger partial charge in [0.15, 0.2) is 0 Å². The van der Waals surface area contributed by atoms with Crippen LogP contribution >= 0.6 is 0 Å². The summed E-state index contributed by atoms with van der Waals surface area (Å²) in [6.07, 6.45) is 1.84. The van der Waals surface area contributed by atoms with Crippen molar-refractivity contribution >= 4 is 0 Å². The summed E-state index contributed by atoms with van der Waals surface area (Å²) >= 11 is 0. The van der Waals surface area contributed by atoms with Gasteiger partial charge in [0, 0.05) is 11.9 Å². The second-order valence-corrected chi connectivity index (χ2v) is 4.83. The molecule has 2 rings (SSSR count). The molecule has 0 saturated heterocycles. The molecule has 0 aromatic carbocycles. The molecule has 0 bridgehead atoms. The van der Waals surface area contributed by atoms with E-state index in [2.05, 4.69) is 55.9 Å². The fourth-order valence-electron chi connectivity index (χ4n) is 1.80. The van der Waals surface area contributed by atoms with Crippen LogP contribution in [-0.2, 0) is 0 Å². The first kappa shape index (κ1) is 11.8. The van der Waals surface area contributed by atoms with Gasteiger partial charge in [0.05, 0.1) is 11.4 Å². The molecular weight excluding hydrogens is 208 g/mol. The predicted molar refractivity (Wildman–Crippen MR) is 71.0 cm³/mol. The number of nitrogens with zero attached hydrogens (tertiary/aromatic N) is 2. The Balaban J connectivity index is 2.52. The lowest BCUT2D eigenvalue weighted by atomic mass is 10.1. The summed E-state index contributed by atoms with van der Waals surface area (Å²) in [6.45, 7) is 8.50. The van der Waals surface area contributed by atoms with Crippen molar-refractivity contribution < 1.29 is 0 Å². The first-order valence-electron chi connectivity index (χ1n) is 5.98. The van der Waals surface area contributed by atoms with E-state index >= 15 is 0 Å². The Kier molecular flexibility index (Phi) is 3.23. The van der Waals surface area contributed by atoms with Crippen molar-refractivity contribution in [2.45, 2.75) is 33.6 Å². The lowest BCUT2D eigenvalue weighted by molar-refractivity contribution is 0.821. The molecule has 0 spiro atoms. The summed E-state index contributed by atoms with van der Waals surface area (Å²) in [4.78, 5) is 9.07. The molecule has 2 nitrogen and oxygen atoms in total. The predicted octanol–water partition coefficient (Wildman–Crippen LogP) is 3.88. The van der Waals surface area contributed by atoms with Gasteiger partial charge in [-0.05, 0) is 55.2 Å². The fraction of sp³-hybridized carbons (Fsp3) is 0.333. The molecular formula is C15H18N2. The van der Waals surface area contributed by atoms with Crippen molar-refractivity contribution in [2.24, 2.45) is 0 Å². The minimum Gasteiger partial charge on any atom is -0.255 e. The van der Waals surface area contributed by atoms with Gasteiger partial charge in [-0.3, -0.25) is 9.97 Å². The Hall–Kier alpha value is -1.70. The van der Waals surface area contributed by atoms with Crippen molar-refractivity contribution in [1.82, 2.24) is 9.97 Å². The lowest BCUT2D eigenvalue weighted by Gasteiger charge is -2.09. The molecule has 0 amide bonds. The van der Waals surface area contributed by atoms with Gasteiger partial charge >= 0.3 is 0 Å². The molecule has 17 heavy (non-hydrogen) atoms. The van der Waals surface area contributed by atoms with E-state index in [-0.39, 0.29) is 0 Å². The van der Waals surface area contributed by atoms with Crippen molar-refractivity contribution in [2.75, 3.05) is 0 Å². The van der Waals surface area contributed by atoms with Gasteiger partial charge in [0.2, 0.25) is 0 Å². The maximum absolute atomic E-state index is 4.68. The van der Waals surface area contributed by atoms with Gasteiger partial charge in [0.25, 0.3) is 0 Å². The van der Waals surface area contributed by atoms with Crippen molar-refractivity contribution in [3.05, 3.63) is 47.3 Å². The summed E-state index contributed by atoms with van der Waals surface area (Å²) < 4.78 is 0. The average Bonchev–Trinajstić information content (AvgIpc) is 2.28. The van der Waals surface area contributed by atoms with Crippen LogP contribution in [0.25, 0.3) is 11.4 Å². The zero-order valence-corrected chi connectivity index (χ0v) is 10.9. The van der Waals surface area contributed by atoms with E-state index in [1.807, 2.05) is 12.3 Å². The quantitative estimate of drug-likeness (QED) is 0.776. The number of rotatable bonds is 2. The molecule has 0 N–H and O–H groups in total. The van der Waals surface area contributed by atoms with E-state index in [4.69, 9.17) is 0 Å². The van der Waals surface area contributed by atoms with Crippen LogP contribution in [0.3, 0.4) is 0 Å². The molecule has 0 aliphatic rings. The summed E-state index contributed by atoms with van der Waals surface area (Å²) in [5, 5.41) is 0. The molecule has 0 atom stereocenters. The van der Waals surface area contributed by atoms with Crippen LogP contribution in [0.5, 0.6) is 0 Å². The van der Waals surface area contributed by atoms with Crippen molar-refractivity contribution in [3.8, 4) is 11.4 Å². The summed E-state index contributed by atoms with van der Waals surface area (Å²) in [6, 6.07) is 8.31. The topological polar surface area (TPSA) is 25.8 Å². The Morgan fingerprint density at radius 2 is 1.65 bits per heavy atom. The molecule has 0 unspecified atom stereocenters. The van der Waals surface area contributed by atoms with Gasteiger partial charge in [-0.1, -0.05) is 13.8 Å². The number of aromatic nitrogens is 2. The van der Waals surface area contributed by atoms with Gasteiger partial charge in [0.1, 0.15) is 0 Å². The largest absolute Gasteiger partial charge is 0.255 e. The highest BCUT2D eigenvalue weighted by molar-refractivity contribution is 5.56. The second kappa shape index (κ2) is 4.66. The third-order valence-electron chi connectivity index (χ3n) is 2.76. The Bertz CT molecular complexity index is 530. The van der Waals surface area contributed by atoms with Crippen LogP contribution in [0.1, 0.15) is 36.6 Å². The van der Waals surface area contributed by atoms with Gasteiger partial charge in [-0.2, -0.15) is 0 Å². The Labute approximate surface area is 103 Å². The third kappa shape index (κ3) is 2.70. The zero-order valence-electron chi connectivity index (χ0n) is 10.9. The van der Waals surface area contributed by atoms with Crippen molar-refractivity contribution in [1.29, 1.82) is 0 Å². The first-order valence-corrected chi connectivity index (χ1v) is 5.98. The van der Waals surface area contributed by atoms with E-state index in [0.717, 1.165) is 17.1 Å². The van der Waals surface area contributed by atoms with Crippen LogP contribution in [0.15, 0.2) is 30.5 Å². The van der Waals surface area contributed by atoms with E-state index in [0.29, 0.717) is 5.92 Å². The molecule has 0 aliphatic carbocycles. The molecule has 2 heterocycles. The average molecular weight is 226 g/mol. The normalized spacial score (nSPS) is 10.9. The van der Waals surface area contributed by atoms with Crippen LogP contribution in [0.4, 0.5) is 0 Å². The molecule has 2 aromatic heterocycles. The molecule has 88 valence electrons. The lowest BCUT2D eigenvalue weighted by Crippen LogP contribution is -1.97. The molecule has 2 aromatic rings. The van der Waals surface area contributed by atoms with E-state index in [1.165, 1.54) is 11.1 Å². The van der Waals surface area contributed by atoms with Crippen molar-refractivity contribution in [3.63, 3.8) is 0 Å². The number of aryl methyl sites for hydroxylation is 2. The van der Waals surface area contributed by atoms with Gasteiger partial charge in [-0.15, -0.1) is 0 Å². The first-order chi connectivity index (χ1) is 8.06. The van der Waals surface area contributed by atoms with E-state index < -0.39 is 0 Å². The van der Waals surface area contributed by atoms with Gasteiger partial charge < -0.3 is 0 Å². The molecule has 0 aliphatic heterocycles. The van der Waals surface area contributed by atoms with Crippen LogP contribution in [-0.4, -0.2) is 9.97 Å². The SMILES string of the molecule is Cc1ccnc(-c2cc(C)cc(C(C)C)n2)c1. The highest BCUT2D eigenvalue weighted by Crippen LogP contribution is 2.21. The Morgan fingerprint density at radius 3 is 2.29 bits per heavy atom. The number of hydrogen-bond donors (Lipinski definition) is 0. The van der Waals surface area contributed by atoms with Crippen LogP contribution < -0.4 is 0 Å². The van der Waals surface area contributed by atoms with Gasteiger partial charge in [-0.25, -0.2) is 0 Å². The van der Waals surface area contributed by atoms with E-state index in [9.17, 15) is 0 Å². The monoisotopic (exact) mass is 226 g/mol. The summed E-state index contributed by atoms with van der Waals surface area (Å²) in [7, 11) is 0. The van der Waals surface area contributed by atoms with E-state index in [1.54, 1.807) is 0 Å². The summed E-state index contributed by atoms with van der Waals surface area (Å²) in [5.74, 6) is 0.443. The summed E-state index contributed by atoms with van der Waals surface area (Å²) in [5.41, 5.74) is 5.50. The smallest absolute Gasteiger partial charge is 0.0892 e. The minimum absolute atomic E-state index is 0.443. The maximum atomic E-state index is 4.68. The zero-order chi connectivity index (χ0) is 12.4. The second-order valence-electron chi connectivity index (χ2n) is 4.83. The standard InChI is InChI=1S/C15H18N2/c1-10(2)13-8-12(4)9-15(17-13)14-7-11(3)5-6-16-14/h5-10H,1-4H3. The minimum atomic E-state index is 0.443. The maximum Gasteiger partial charge on any atom is 0.0892 e. The molecule has 0 fully saturated rings. The van der Waals surface area contributed by atoms with Crippen LogP contribution in [0, 0.1) is 13.8 Å². The molecule has 0 radical (unpaired) electrons. The van der Waals surface area contributed by atoms with Crippen LogP contribution in [0.2, 0.25) is 0 Å². The fourth-order valence-corrected chi connectivity index (χ4v) is 1.80. The number of hydrogen-bond acceptors (Lipinski definition) is 2.